The third-order valence-electron chi connectivity index (χ3n) is 3.87. The van der Waals surface area contributed by atoms with Crippen LogP contribution in [-0.2, 0) is 9.59 Å². The molecule has 4 N–H and O–H groups in total. The molecule has 1 fully saturated rings. The first-order valence-electron chi connectivity index (χ1n) is 6.89. The van der Waals surface area contributed by atoms with Crippen molar-refractivity contribution in [2.24, 2.45) is 17.1 Å². The van der Waals surface area contributed by atoms with Crippen molar-refractivity contribution in [2.75, 3.05) is 0 Å². The summed E-state index contributed by atoms with van der Waals surface area (Å²) >= 11 is 0. The molecular weight excluding hydrogens is 244 g/mol. The molecule has 0 aromatic rings. The molecule has 5 heteroatoms. The van der Waals surface area contributed by atoms with E-state index in [0.29, 0.717) is 18.8 Å². The summed E-state index contributed by atoms with van der Waals surface area (Å²) in [5, 5.41) is 11.9. The number of nitrogens with one attached hydrogen (secondary N) is 1. The Bertz CT molecular complexity index is 362. The fraction of sp³-hybridized carbons (Fsp3) is 0.857. The second-order valence-corrected chi connectivity index (χ2v) is 6.97. The number of carboxylic acids is 1. The first kappa shape index (κ1) is 16.0. The number of carboxylic acid groups (broad SMARTS) is 1. The molecule has 0 spiro atoms. The highest BCUT2D eigenvalue weighted by Crippen LogP contribution is 2.31. The molecule has 0 saturated heterocycles. The third kappa shape index (κ3) is 3.93. The molecule has 3 atom stereocenters. The van der Waals surface area contributed by atoms with E-state index >= 15 is 0 Å². The van der Waals surface area contributed by atoms with Crippen molar-refractivity contribution in [1.82, 2.24) is 5.32 Å². The van der Waals surface area contributed by atoms with E-state index in [1.807, 2.05) is 0 Å². The van der Waals surface area contributed by atoms with Gasteiger partial charge in [0, 0.05) is 0 Å². The van der Waals surface area contributed by atoms with Gasteiger partial charge in [-0.25, -0.2) is 4.79 Å². The van der Waals surface area contributed by atoms with E-state index in [9.17, 15) is 14.7 Å². The molecule has 2 unspecified atom stereocenters. The van der Waals surface area contributed by atoms with E-state index in [1.54, 1.807) is 20.8 Å². The van der Waals surface area contributed by atoms with Crippen molar-refractivity contribution in [2.45, 2.75) is 65.0 Å². The molecular formula is C14H26N2O3. The van der Waals surface area contributed by atoms with Gasteiger partial charge in [0.2, 0.25) is 5.91 Å². The van der Waals surface area contributed by atoms with Gasteiger partial charge < -0.3 is 16.2 Å². The molecule has 0 heterocycles. The lowest BCUT2D eigenvalue weighted by molar-refractivity contribution is -0.146. The number of hydrogen-bond donors (Lipinski definition) is 3. The number of aliphatic carboxylic acids is 1. The summed E-state index contributed by atoms with van der Waals surface area (Å²) in [7, 11) is 0. The van der Waals surface area contributed by atoms with Crippen LogP contribution in [0.3, 0.4) is 0 Å². The number of carbonyl (C=O) groups is 2. The van der Waals surface area contributed by atoms with Crippen LogP contribution < -0.4 is 11.1 Å². The van der Waals surface area contributed by atoms with E-state index in [0.717, 1.165) is 12.8 Å². The SMILES string of the molecule is CC1CCCC(N)(C(=O)N[C@@H](C(=O)O)C(C)(C)C)C1. The van der Waals surface area contributed by atoms with Crippen molar-refractivity contribution >= 4 is 11.9 Å². The minimum absolute atomic E-state index is 0.332. The van der Waals surface area contributed by atoms with Crippen LogP contribution in [-0.4, -0.2) is 28.6 Å². The molecule has 1 saturated carbocycles. The lowest BCUT2D eigenvalue weighted by Crippen LogP contribution is -2.61. The number of carbonyl (C=O) groups excluding carboxylic acids is 1. The van der Waals surface area contributed by atoms with Gasteiger partial charge in [-0.05, 0) is 24.2 Å². The lowest BCUT2D eigenvalue weighted by Gasteiger charge is -2.37. The quantitative estimate of drug-likeness (QED) is 0.724. The maximum absolute atomic E-state index is 12.3. The largest absolute Gasteiger partial charge is 0.480 e. The number of nitrogens with two attached hydrogens (primary N) is 1. The average Bonchev–Trinajstić information content (AvgIpc) is 2.22. The van der Waals surface area contributed by atoms with Crippen molar-refractivity contribution < 1.29 is 14.7 Å². The second-order valence-electron chi connectivity index (χ2n) is 6.97. The van der Waals surface area contributed by atoms with E-state index in [2.05, 4.69) is 12.2 Å². The molecule has 5 nitrogen and oxygen atoms in total. The molecule has 0 bridgehead atoms. The van der Waals surface area contributed by atoms with Crippen molar-refractivity contribution in [3.05, 3.63) is 0 Å². The van der Waals surface area contributed by atoms with E-state index in [1.165, 1.54) is 0 Å². The van der Waals surface area contributed by atoms with Gasteiger partial charge in [0.25, 0.3) is 0 Å². The number of hydrogen-bond acceptors (Lipinski definition) is 3. The zero-order chi connectivity index (χ0) is 14.8. The first-order valence-corrected chi connectivity index (χ1v) is 6.89. The fourth-order valence-corrected chi connectivity index (χ4v) is 2.72. The van der Waals surface area contributed by atoms with E-state index in [4.69, 9.17) is 5.73 Å². The van der Waals surface area contributed by atoms with Gasteiger partial charge in [0.15, 0.2) is 0 Å². The van der Waals surface area contributed by atoms with Crippen LogP contribution in [0.25, 0.3) is 0 Å². The standard InChI is InChI=1S/C14H26N2O3/c1-9-6-5-7-14(15,8-9)12(19)16-10(11(17)18)13(2,3)4/h9-10H,5-8,15H2,1-4H3,(H,16,19)(H,17,18)/t9?,10-,14?/m0/s1. The highest BCUT2D eigenvalue weighted by atomic mass is 16.4. The van der Waals surface area contributed by atoms with Gasteiger partial charge in [-0.1, -0.05) is 40.5 Å². The van der Waals surface area contributed by atoms with Crippen LogP contribution in [0.15, 0.2) is 0 Å². The molecule has 0 aromatic carbocycles. The van der Waals surface area contributed by atoms with E-state index in [-0.39, 0.29) is 5.91 Å². The zero-order valence-electron chi connectivity index (χ0n) is 12.3. The van der Waals surface area contributed by atoms with Crippen molar-refractivity contribution in [3.63, 3.8) is 0 Å². The smallest absolute Gasteiger partial charge is 0.326 e. The van der Waals surface area contributed by atoms with Gasteiger partial charge in [-0.3, -0.25) is 4.79 Å². The topological polar surface area (TPSA) is 92.4 Å². The molecule has 1 aliphatic carbocycles. The Morgan fingerprint density at radius 1 is 1.42 bits per heavy atom. The molecule has 1 rings (SSSR count). The maximum Gasteiger partial charge on any atom is 0.326 e. The Labute approximate surface area is 114 Å². The Balaban J connectivity index is 2.80. The molecule has 1 aliphatic rings. The van der Waals surface area contributed by atoms with Crippen LogP contribution in [0.1, 0.15) is 53.4 Å². The molecule has 110 valence electrons. The summed E-state index contributed by atoms with van der Waals surface area (Å²) in [6, 6.07) is -0.919. The molecule has 19 heavy (non-hydrogen) atoms. The highest BCUT2D eigenvalue weighted by molar-refractivity contribution is 5.90. The van der Waals surface area contributed by atoms with Crippen LogP contribution in [0, 0.1) is 11.3 Å². The maximum atomic E-state index is 12.3. The Hall–Kier alpha value is -1.10. The summed E-state index contributed by atoms with van der Waals surface area (Å²) in [5.41, 5.74) is 4.72. The van der Waals surface area contributed by atoms with Gasteiger partial charge >= 0.3 is 5.97 Å². The lowest BCUT2D eigenvalue weighted by atomic mass is 9.76. The summed E-state index contributed by atoms with van der Waals surface area (Å²) in [4.78, 5) is 23.6. The Morgan fingerprint density at radius 2 is 2.00 bits per heavy atom. The van der Waals surface area contributed by atoms with Crippen LogP contribution in [0.4, 0.5) is 0 Å². The van der Waals surface area contributed by atoms with Gasteiger partial charge in [0.1, 0.15) is 6.04 Å². The minimum atomic E-state index is -1.02. The molecule has 1 amide bonds. The normalized spacial score (nSPS) is 29.6. The van der Waals surface area contributed by atoms with Crippen LogP contribution in [0.5, 0.6) is 0 Å². The summed E-state index contributed by atoms with van der Waals surface area (Å²) in [6.07, 6.45) is 3.24. The first-order chi connectivity index (χ1) is 8.56. The van der Waals surface area contributed by atoms with Gasteiger partial charge in [-0.2, -0.15) is 0 Å². The zero-order valence-corrected chi connectivity index (χ0v) is 12.3. The van der Waals surface area contributed by atoms with Gasteiger partial charge in [0.05, 0.1) is 5.54 Å². The second kappa shape index (κ2) is 5.49. The number of amides is 1. The van der Waals surface area contributed by atoms with E-state index < -0.39 is 23.0 Å². The number of rotatable bonds is 3. The van der Waals surface area contributed by atoms with Crippen molar-refractivity contribution in [1.29, 1.82) is 0 Å². The highest BCUT2D eigenvalue weighted by Gasteiger charge is 2.41. The molecule has 0 aliphatic heterocycles. The summed E-state index contributed by atoms with van der Waals surface area (Å²) in [5.74, 6) is -0.947. The molecule has 0 radical (unpaired) electrons. The van der Waals surface area contributed by atoms with Crippen LogP contribution >= 0.6 is 0 Å². The Kier molecular flexibility index (Phi) is 4.61. The predicted molar refractivity (Wildman–Crippen MR) is 73.6 cm³/mol. The third-order valence-corrected chi connectivity index (χ3v) is 3.87. The monoisotopic (exact) mass is 270 g/mol. The minimum Gasteiger partial charge on any atom is -0.480 e. The van der Waals surface area contributed by atoms with Gasteiger partial charge in [-0.15, -0.1) is 0 Å². The van der Waals surface area contributed by atoms with Crippen LogP contribution in [0.2, 0.25) is 0 Å². The Morgan fingerprint density at radius 3 is 2.42 bits per heavy atom. The molecule has 0 aromatic heterocycles. The average molecular weight is 270 g/mol. The fourth-order valence-electron chi connectivity index (χ4n) is 2.72. The summed E-state index contributed by atoms with van der Waals surface area (Å²) < 4.78 is 0. The predicted octanol–water partition coefficient (Wildman–Crippen LogP) is 1.51. The van der Waals surface area contributed by atoms with Crippen molar-refractivity contribution in [3.8, 4) is 0 Å². The summed E-state index contributed by atoms with van der Waals surface area (Å²) in [6.45, 7) is 7.45.